The summed E-state index contributed by atoms with van der Waals surface area (Å²) >= 11 is 0. The van der Waals surface area contributed by atoms with E-state index in [1.165, 1.54) is 13.0 Å². The van der Waals surface area contributed by atoms with Gasteiger partial charge in [0.2, 0.25) is 5.91 Å². The van der Waals surface area contributed by atoms with Crippen molar-refractivity contribution in [1.82, 2.24) is 0 Å². The Balaban J connectivity index is 0. The molecule has 0 aliphatic rings. The zero-order valence-electron chi connectivity index (χ0n) is 7.36. The Morgan fingerprint density at radius 1 is 1.54 bits per heavy atom. The fourth-order valence-electron chi connectivity index (χ4n) is 0.224. The van der Waals surface area contributed by atoms with E-state index in [4.69, 9.17) is 10.2 Å². The Morgan fingerprint density at radius 2 is 1.92 bits per heavy atom. The van der Waals surface area contributed by atoms with E-state index in [0.29, 0.717) is 0 Å². The van der Waals surface area contributed by atoms with Crippen molar-refractivity contribution in [3.63, 3.8) is 0 Å². The summed E-state index contributed by atoms with van der Waals surface area (Å²) in [5.74, 6) is -1.47. The summed E-state index contributed by atoms with van der Waals surface area (Å²) in [6, 6.07) is 0. The molecule has 0 aliphatic carbocycles. The van der Waals surface area contributed by atoms with E-state index in [9.17, 15) is 9.59 Å². The number of aliphatic carboxylic acids is 1. The summed E-state index contributed by atoms with van der Waals surface area (Å²) in [5, 5.41) is 16.3. The minimum Gasteiger partial charge on any atom is -0.478 e. The van der Waals surface area contributed by atoms with Crippen LogP contribution in [0.25, 0.3) is 0 Å². The van der Waals surface area contributed by atoms with Crippen LogP contribution in [-0.4, -0.2) is 28.7 Å². The van der Waals surface area contributed by atoms with Crippen LogP contribution in [0.4, 0.5) is 0 Å². The van der Waals surface area contributed by atoms with E-state index in [-0.39, 0.29) is 12.2 Å². The third-order valence-corrected chi connectivity index (χ3v) is 0.936. The predicted octanol–water partition coefficient (Wildman–Crippen LogP) is -0.333. The van der Waals surface area contributed by atoms with Crippen molar-refractivity contribution < 1.29 is 19.8 Å². The van der Waals surface area contributed by atoms with Gasteiger partial charge in [-0.2, -0.15) is 0 Å². The van der Waals surface area contributed by atoms with E-state index < -0.39 is 11.9 Å². The molecule has 0 fully saturated rings. The number of carboxylic acid groups (broad SMARTS) is 1. The number of nitrogens with two attached hydrogens (primary N) is 1. The Bertz CT molecular complexity index is 220. The predicted molar refractivity (Wildman–Crippen MR) is 47.9 cm³/mol. The van der Waals surface area contributed by atoms with Crippen LogP contribution in [0.5, 0.6) is 0 Å². The van der Waals surface area contributed by atoms with Crippen molar-refractivity contribution in [2.75, 3.05) is 6.61 Å². The molecule has 0 unspecified atom stereocenters. The van der Waals surface area contributed by atoms with E-state index in [0.717, 1.165) is 6.08 Å². The first-order valence-electron chi connectivity index (χ1n) is 3.38. The lowest BCUT2D eigenvalue weighted by Crippen LogP contribution is -2.04. The minimum absolute atomic E-state index is 0.174. The summed E-state index contributed by atoms with van der Waals surface area (Å²) in [6.45, 7) is 4.30. The van der Waals surface area contributed by atoms with Crippen LogP contribution in [0.15, 0.2) is 24.3 Å². The normalized spacial score (nSPS) is 9.54. The highest BCUT2D eigenvalue weighted by Crippen LogP contribution is 1.88. The van der Waals surface area contributed by atoms with Gasteiger partial charge in [-0.15, -0.1) is 0 Å². The molecule has 0 aliphatic heterocycles. The number of hydrogen-bond acceptors (Lipinski definition) is 3. The minimum atomic E-state index is -0.987. The first kappa shape index (κ1) is 13.9. The van der Waals surface area contributed by atoms with Crippen molar-refractivity contribution in [3.8, 4) is 0 Å². The molecule has 0 rings (SSSR count). The Labute approximate surface area is 76.2 Å². The van der Waals surface area contributed by atoms with Gasteiger partial charge in [-0.3, -0.25) is 4.79 Å². The zero-order chi connectivity index (χ0) is 10.9. The monoisotopic (exact) mass is 187 g/mol. The maximum absolute atomic E-state index is 9.91. The molecule has 0 saturated heterocycles. The Kier molecular flexibility index (Phi) is 9.09. The number of carbonyl (C=O) groups excluding carboxylic acids is 1. The lowest BCUT2D eigenvalue weighted by atomic mass is 10.3. The fourth-order valence-corrected chi connectivity index (χ4v) is 0.224. The number of carboxylic acids is 1. The summed E-state index contributed by atoms with van der Waals surface area (Å²) < 4.78 is 0. The van der Waals surface area contributed by atoms with Crippen LogP contribution >= 0.6 is 0 Å². The molecule has 0 aromatic heterocycles. The highest BCUT2D eigenvalue weighted by atomic mass is 16.4. The molecule has 5 heteroatoms. The van der Waals surface area contributed by atoms with Crippen LogP contribution in [0.1, 0.15) is 6.92 Å². The molecule has 0 spiro atoms. The molecule has 5 nitrogen and oxygen atoms in total. The number of primary amides is 1. The van der Waals surface area contributed by atoms with E-state index in [2.05, 4.69) is 12.3 Å². The molecule has 0 radical (unpaired) electrons. The molecule has 74 valence electrons. The summed E-state index contributed by atoms with van der Waals surface area (Å²) in [7, 11) is 0. The van der Waals surface area contributed by atoms with Gasteiger partial charge in [0.15, 0.2) is 0 Å². The van der Waals surface area contributed by atoms with Crippen molar-refractivity contribution in [1.29, 1.82) is 0 Å². The first-order chi connectivity index (χ1) is 5.95. The van der Waals surface area contributed by atoms with E-state index in [1.807, 2.05) is 0 Å². The molecular weight excluding hydrogens is 174 g/mol. The number of rotatable bonds is 3. The molecule has 0 atom stereocenters. The fraction of sp³-hybridized carbons (Fsp3) is 0.250. The number of carbonyl (C=O) groups is 2. The number of aliphatic hydroxyl groups is 1. The SMILES string of the molecule is C=CC(N)=O.CC(=CCO)C(=O)O. The van der Waals surface area contributed by atoms with Gasteiger partial charge < -0.3 is 15.9 Å². The second-order valence-corrected chi connectivity index (χ2v) is 1.98. The Hall–Kier alpha value is -1.62. The van der Waals surface area contributed by atoms with Gasteiger partial charge in [-0.05, 0) is 19.1 Å². The number of amides is 1. The van der Waals surface area contributed by atoms with Gasteiger partial charge in [0.25, 0.3) is 0 Å². The maximum Gasteiger partial charge on any atom is 0.331 e. The molecule has 0 saturated carbocycles. The quantitative estimate of drug-likeness (QED) is 0.526. The van der Waals surface area contributed by atoms with Crippen molar-refractivity contribution in [3.05, 3.63) is 24.3 Å². The van der Waals surface area contributed by atoms with Crippen LogP contribution < -0.4 is 5.73 Å². The van der Waals surface area contributed by atoms with Gasteiger partial charge in [-0.25, -0.2) is 4.79 Å². The molecule has 1 amide bonds. The van der Waals surface area contributed by atoms with Gasteiger partial charge in [0.1, 0.15) is 0 Å². The van der Waals surface area contributed by atoms with Crippen LogP contribution in [-0.2, 0) is 9.59 Å². The summed E-state index contributed by atoms with van der Waals surface area (Å²) in [6.07, 6.45) is 2.29. The lowest BCUT2D eigenvalue weighted by Gasteiger charge is -1.86. The second-order valence-electron chi connectivity index (χ2n) is 1.98. The summed E-state index contributed by atoms with van der Waals surface area (Å²) in [5.41, 5.74) is 4.71. The molecule has 13 heavy (non-hydrogen) atoms. The molecule has 0 aromatic rings. The van der Waals surface area contributed by atoms with Crippen molar-refractivity contribution in [2.45, 2.75) is 6.92 Å². The average Bonchev–Trinajstić information content (AvgIpc) is 2.06. The lowest BCUT2D eigenvalue weighted by molar-refractivity contribution is -0.132. The number of hydrogen-bond donors (Lipinski definition) is 3. The van der Waals surface area contributed by atoms with E-state index >= 15 is 0 Å². The Morgan fingerprint density at radius 3 is 2.00 bits per heavy atom. The van der Waals surface area contributed by atoms with Crippen molar-refractivity contribution in [2.24, 2.45) is 5.73 Å². The molecule has 0 bridgehead atoms. The standard InChI is InChI=1S/C5H8O3.C3H5NO/c1-4(2-3-6)5(7)8;1-2-3(4)5/h2,6H,3H2,1H3,(H,7,8);2H,1H2,(H2,4,5). The zero-order valence-corrected chi connectivity index (χ0v) is 7.36. The van der Waals surface area contributed by atoms with Gasteiger partial charge >= 0.3 is 5.97 Å². The van der Waals surface area contributed by atoms with Crippen LogP contribution in [0.3, 0.4) is 0 Å². The van der Waals surface area contributed by atoms with Gasteiger partial charge in [0, 0.05) is 5.57 Å². The smallest absolute Gasteiger partial charge is 0.331 e. The third kappa shape index (κ3) is 13.4. The largest absolute Gasteiger partial charge is 0.478 e. The molecular formula is C8H13NO4. The van der Waals surface area contributed by atoms with Gasteiger partial charge in [-0.1, -0.05) is 6.58 Å². The topological polar surface area (TPSA) is 101 Å². The first-order valence-corrected chi connectivity index (χ1v) is 3.38. The third-order valence-electron chi connectivity index (χ3n) is 0.936. The van der Waals surface area contributed by atoms with Crippen LogP contribution in [0, 0.1) is 0 Å². The number of aliphatic hydroxyl groups excluding tert-OH is 1. The molecule has 4 N–H and O–H groups in total. The van der Waals surface area contributed by atoms with Crippen molar-refractivity contribution >= 4 is 11.9 Å². The molecule has 0 aromatic carbocycles. The average molecular weight is 187 g/mol. The second kappa shape index (κ2) is 8.48. The van der Waals surface area contributed by atoms with E-state index in [1.54, 1.807) is 0 Å². The summed E-state index contributed by atoms with van der Waals surface area (Å²) in [4.78, 5) is 19.4. The highest BCUT2D eigenvalue weighted by Gasteiger charge is 1.95. The van der Waals surface area contributed by atoms with Gasteiger partial charge in [0.05, 0.1) is 6.61 Å². The van der Waals surface area contributed by atoms with Crippen LogP contribution in [0.2, 0.25) is 0 Å². The highest BCUT2D eigenvalue weighted by molar-refractivity contribution is 5.85. The maximum atomic E-state index is 9.91. The molecule has 0 heterocycles.